The molecule has 0 N–H and O–H groups in total. The lowest BCUT2D eigenvalue weighted by Crippen LogP contribution is -1.86. The van der Waals surface area contributed by atoms with E-state index in [2.05, 4.69) is 39.0 Å². The Bertz CT molecular complexity index is 221. The van der Waals surface area contributed by atoms with Gasteiger partial charge < -0.3 is 4.74 Å². The van der Waals surface area contributed by atoms with Crippen LogP contribution < -0.4 is 0 Å². The fourth-order valence-corrected chi connectivity index (χ4v) is 1.28. The van der Waals surface area contributed by atoms with Gasteiger partial charge in [0.25, 0.3) is 0 Å². The van der Waals surface area contributed by atoms with Crippen molar-refractivity contribution in [2.24, 2.45) is 0 Å². The van der Waals surface area contributed by atoms with Crippen LogP contribution in [-0.4, -0.2) is 7.11 Å². The molecule has 0 fully saturated rings. The normalized spacial score (nSPS) is 13.7. The molecule has 0 aliphatic carbocycles. The molecule has 0 amide bonds. The summed E-state index contributed by atoms with van der Waals surface area (Å²) in [5.41, 5.74) is 2.58. The molecule has 0 aromatic rings. The van der Waals surface area contributed by atoms with Crippen molar-refractivity contribution >= 4 is 0 Å². The lowest BCUT2D eigenvalue weighted by molar-refractivity contribution is 0.334. The third kappa shape index (κ3) is 5.63. The monoisotopic (exact) mass is 194 g/mol. The van der Waals surface area contributed by atoms with E-state index in [-0.39, 0.29) is 0 Å². The molecule has 0 saturated heterocycles. The standard InChI is InChI=1S/C13H22O/c1-5-7-8-10-13(9-6-2)12(3)11-14-4/h7-9,11H,5-6,10H2,1-4H3/b8-7-,12-11-,13-9+. The zero-order valence-electron chi connectivity index (χ0n) is 9.84. The second-order valence-electron chi connectivity index (χ2n) is 3.26. The van der Waals surface area contributed by atoms with Gasteiger partial charge in [-0.2, -0.15) is 0 Å². The maximum Gasteiger partial charge on any atom is 0.0856 e. The van der Waals surface area contributed by atoms with Crippen LogP contribution in [0.15, 0.2) is 35.6 Å². The number of rotatable bonds is 6. The van der Waals surface area contributed by atoms with E-state index in [1.165, 1.54) is 11.1 Å². The quantitative estimate of drug-likeness (QED) is 0.349. The van der Waals surface area contributed by atoms with Crippen molar-refractivity contribution in [3.63, 3.8) is 0 Å². The summed E-state index contributed by atoms with van der Waals surface area (Å²) < 4.78 is 5.01. The fourth-order valence-electron chi connectivity index (χ4n) is 1.28. The zero-order chi connectivity index (χ0) is 10.8. The van der Waals surface area contributed by atoms with Crippen LogP contribution in [0.2, 0.25) is 0 Å². The Morgan fingerprint density at radius 2 is 1.86 bits per heavy atom. The Labute approximate surface area is 88.2 Å². The van der Waals surface area contributed by atoms with Gasteiger partial charge in [0.2, 0.25) is 0 Å². The van der Waals surface area contributed by atoms with Gasteiger partial charge in [0, 0.05) is 0 Å². The molecular weight excluding hydrogens is 172 g/mol. The average molecular weight is 194 g/mol. The van der Waals surface area contributed by atoms with Crippen molar-refractivity contribution in [1.82, 2.24) is 0 Å². The van der Waals surface area contributed by atoms with Crippen LogP contribution >= 0.6 is 0 Å². The first-order chi connectivity index (χ1) is 6.76. The summed E-state index contributed by atoms with van der Waals surface area (Å²) in [4.78, 5) is 0. The summed E-state index contributed by atoms with van der Waals surface area (Å²) in [7, 11) is 1.69. The second-order valence-corrected chi connectivity index (χ2v) is 3.26. The Morgan fingerprint density at radius 3 is 2.36 bits per heavy atom. The lowest BCUT2D eigenvalue weighted by atomic mass is 10.0. The van der Waals surface area contributed by atoms with Gasteiger partial charge in [0.05, 0.1) is 13.4 Å². The molecule has 0 saturated carbocycles. The predicted molar refractivity (Wildman–Crippen MR) is 63.2 cm³/mol. The molecule has 0 unspecified atom stereocenters. The van der Waals surface area contributed by atoms with Crippen LogP contribution in [0, 0.1) is 0 Å². The maximum absolute atomic E-state index is 5.01. The summed E-state index contributed by atoms with van der Waals surface area (Å²) in [5.74, 6) is 0. The molecular formula is C13H22O. The van der Waals surface area contributed by atoms with Gasteiger partial charge >= 0.3 is 0 Å². The number of hydrogen-bond acceptors (Lipinski definition) is 1. The van der Waals surface area contributed by atoms with Crippen molar-refractivity contribution in [3.05, 3.63) is 35.6 Å². The molecule has 1 heteroatoms. The number of allylic oxidation sites excluding steroid dienone is 5. The molecule has 80 valence electrons. The molecule has 1 nitrogen and oxygen atoms in total. The summed E-state index contributed by atoms with van der Waals surface area (Å²) >= 11 is 0. The Hall–Kier alpha value is -0.980. The number of hydrogen-bond donors (Lipinski definition) is 0. The summed E-state index contributed by atoms with van der Waals surface area (Å²) in [6, 6.07) is 0. The third-order valence-corrected chi connectivity index (χ3v) is 1.99. The first-order valence-electron chi connectivity index (χ1n) is 5.30. The summed E-state index contributed by atoms with van der Waals surface area (Å²) in [5, 5.41) is 0. The zero-order valence-corrected chi connectivity index (χ0v) is 9.84. The van der Waals surface area contributed by atoms with Crippen LogP contribution in [0.5, 0.6) is 0 Å². The first-order valence-corrected chi connectivity index (χ1v) is 5.30. The van der Waals surface area contributed by atoms with E-state index < -0.39 is 0 Å². The van der Waals surface area contributed by atoms with E-state index in [9.17, 15) is 0 Å². The van der Waals surface area contributed by atoms with Crippen LogP contribution in [0.1, 0.15) is 40.0 Å². The third-order valence-electron chi connectivity index (χ3n) is 1.99. The van der Waals surface area contributed by atoms with Gasteiger partial charge in [0.15, 0.2) is 0 Å². The highest BCUT2D eigenvalue weighted by Crippen LogP contribution is 2.15. The molecule has 0 aromatic carbocycles. The number of methoxy groups -OCH3 is 1. The highest BCUT2D eigenvalue weighted by atomic mass is 16.5. The van der Waals surface area contributed by atoms with Gasteiger partial charge in [-0.15, -0.1) is 0 Å². The van der Waals surface area contributed by atoms with E-state index in [0.29, 0.717) is 0 Å². The minimum absolute atomic E-state index is 1.01. The highest BCUT2D eigenvalue weighted by molar-refractivity contribution is 5.29. The highest BCUT2D eigenvalue weighted by Gasteiger charge is 1.96. The van der Waals surface area contributed by atoms with Gasteiger partial charge in [-0.3, -0.25) is 0 Å². The van der Waals surface area contributed by atoms with Crippen LogP contribution in [0.3, 0.4) is 0 Å². The average Bonchev–Trinajstić information content (AvgIpc) is 2.17. The van der Waals surface area contributed by atoms with Crippen molar-refractivity contribution < 1.29 is 4.74 Å². The van der Waals surface area contributed by atoms with Gasteiger partial charge in [-0.25, -0.2) is 0 Å². The van der Waals surface area contributed by atoms with Crippen LogP contribution in [-0.2, 0) is 4.74 Å². The van der Waals surface area contributed by atoms with Crippen molar-refractivity contribution in [2.45, 2.75) is 40.0 Å². The smallest absolute Gasteiger partial charge is 0.0856 e. The SMILES string of the molecule is CC/C=C\CC(=C\CC)/C(C)=C\OC. The summed E-state index contributed by atoms with van der Waals surface area (Å²) in [6.07, 6.45) is 11.7. The molecule has 0 aliphatic rings. The molecule has 0 aliphatic heterocycles. The summed E-state index contributed by atoms with van der Waals surface area (Å²) in [6.45, 7) is 6.39. The van der Waals surface area contributed by atoms with Gasteiger partial charge in [0.1, 0.15) is 0 Å². The van der Waals surface area contributed by atoms with E-state index in [4.69, 9.17) is 4.74 Å². The predicted octanol–water partition coefficient (Wildman–Crippen LogP) is 4.23. The molecule has 0 heterocycles. The maximum atomic E-state index is 5.01. The van der Waals surface area contributed by atoms with Crippen molar-refractivity contribution in [2.75, 3.05) is 7.11 Å². The molecule has 0 aromatic heterocycles. The molecule has 0 rings (SSSR count). The van der Waals surface area contributed by atoms with Gasteiger partial charge in [-0.1, -0.05) is 32.1 Å². The van der Waals surface area contributed by atoms with E-state index in [1.54, 1.807) is 13.4 Å². The largest absolute Gasteiger partial charge is 0.504 e. The fraction of sp³-hybridized carbons (Fsp3) is 0.538. The molecule has 0 atom stereocenters. The molecule has 0 bridgehead atoms. The molecule has 14 heavy (non-hydrogen) atoms. The van der Waals surface area contributed by atoms with E-state index >= 15 is 0 Å². The minimum atomic E-state index is 1.01. The Morgan fingerprint density at radius 1 is 1.14 bits per heavy atom. The van der Waals surface area contributed by atoms with Crippen LogP contribution in [0.25, 0.3) is 0 Å². The topological polar surface area (TPSA) is 9.23 Å². The minimum Gasteiger partial charge on any atom is -0.504 e. The van der Waals surface area contributed by atoms with E-state index in [1.807, 2.05) is 0 Å². The van der Waals surface area contributed by atoms with Crippen LogP contribution in [0.4, 0.5) is 0 Å². The first kappa shape index (κ1) is 13.0. The van der Waals surface area contributed by atoms with Crippen molar-refractivity contribution in [1.29, 1.82) is 0 Å². The Kier molecular flexibility index (Phi) is 8.01. The molecule has 0 radical (unpaired) electrons. The Balaban J connectivity index is 4.37. The van der Waals surface area contributed by atoms with Gasteiger partial charge in [-0.05, 0) is 37.3 Å². The second kappa shape index (κ2) is 8.61. The van der Waals surface area contributed by atoms with E-state index in [0.717, 1.165) is 19.3 Å². The molecule has 0 spiro atoms. The lowest BCUT2D eigenvalue weighted by Gasteiger charge is -2.04. The number of ether oxygens (including phenoxy) is 1. The van der Waals surface area contributed by atoms with Crippen molar-refractivity contribution in [3.8, 4) is 0 Å².